The first-order valence-electron chi connectivity index (χ1n) is 8.90. The van der Waals surface area contributed by atoms with Gasteiger partial charge in [-0.15, -0.1) is 0 Å². The fourth-order valence-electron chi connectivity index (χ4n) is 3.30. The van der Waals surface area contributed by atoms with Crippen LogP contribution in [0.4, 0.5) is 0 Å². The molecular weight excluding hydrogens is 328 g/mol. The van der Waals surface area contributed by atoms with E-state index < -0.39 is 5.91 Å². The lowest BCUT2D eigenvalue weighted by molar-refractivity contribution is -0.129. The topological polar surface area (TPSA) is 67.4 Å². The van der Waals surface area contributed by atoms with Crippen LogP contribution in [0.3, 0.4) is 0 Å². The number of carbonyl (C=O) groups is 2. The van der Waals surface area contributed by atoms with E-state index in [4.69, 9.17) is 4.74 Å². The van der Waals surface area contributed by atoms with Crippen LogP contribution in [0.25, 0.3) is 0 Å². The molecule has 3 rings (SSSR count). The Hall–Kier alpha value is -2.82. The zero-order chi connectivity index (χ0) is 18.5. The molecule has 5 heteroatoms. The highest BCUT2D eigenvalue weighted by Gasteiger charge is 2.13. The molecule has 26 heavy (non-hydrogen) atoms. The number of ether oxygens (including phenoxy) is 1. The van der Waals surface area contributed by atoms with Crippen molar-refractivity contribution in [2.24, 2.45) is 0 Å². The third kappa shape index (κ3) is 4.42. The number of fused-ring (bicyclic) bond motifs is 1. The van der Waals surface area contributed by atoms with Crippen molar-refractivity contribution >= 4 is 11.8 Å². The maximum absolute atomic E-state index is 12.0. The number of nitrogens with one attached hydrogen (secondary N) is 2. The molecule has 0 spiro atoms. The van der Waals surface area contributed by atoms with Crippen molar-refractivity contribution in [1.82, 2.24) is 10.9 Å². The van der Waals surface area contributed by atoms with Gasteiger partial charge in [0.15, 0.2) is 6.61 Å². The molecule has 0 saturated heterocycles. The van der Waals surface area contributed by atoms with Gasteiger partial charge in [-0.05, 0) is 60.9 Å². The zero-order valence-electron chi connectivity index (χ0n) is 15.2. The summed E-state index contributed by atoms with van der Waals surface area (Å²) in [6, 6.07) is 12.0. The SMILES string of the molecule is Cc1cccc(C)c1OCC(=O)NNC(=O)Cc1ccc2c(c1)CCC2. The molecule has 0 radical (unpaired) electrons. The third-order valence-electron chi connectivity index (χ3n) is 4.63. The Morgan fingerprint density at radius 1 is 0.962 bits per heavy atom. The molecule has 2 aromatic rings. The summed E-state index contributed by atoms with van der Waals surface area (Å²) in [6.45, 7) is 3.71. The predicted octanol–water partition coefficient (Wildman–Crippen LogP) is 2.56. The Morgan fingerprint density at radius 2 is 1.65 bits per heavy atom. The molecule has 0 heterocycles. The average molecular weight is 352 g/mol. The summed E-state index contributed by atoms with van der Waals surface area (Å²) in [6.07, 6.45) is 3.63. The van der Waals surface area contributed by atoms with Crippen LogP contribution in [-0.4, -0.2) is 18.4 Å². The molecule has 0 saturated carbocycles. The third-order valence-corrected chi connectivity index (χ3v) is 4.63. The average Bonchev–Trinajstić information content (AvgIpc) is 3.07. The van der Waals surface area contributed by atoms with Crippen molar-refractivity contribution in [3.63, 3.8) is 0 Å². The van der Waals surface area contributed by atoms with E-state index in [0.29, 0.717) is 5.75 Å². The van der Waals surface area contributed by atoms with Crippen molar-refractivity contribution < 1.29 is 14.3 Å². The van der Waals surface area contributed by atoms with Gasteiger partial charge in [0.1, 0.15) is 5.75 Å². The van der Waals surface area contributed by atoms with Crippen LogP contribution in [0.2, 0.25) is 0 Å². The first kappa shape index (κ1) is 18.0. The van der Waals surface area contributed by atoms with Crippen molar-refractivity contribution in [2.75, 3.05) is 6.61 Å². The molecule has 2 N–H and O–H groups in total. The number of amides is 2. The second-order valence-electron chi connectivity index (χ2n) is 6.74. The summed E-state index contributed by atoms with van der Waals surface area (Å²) in [5, 5.41) is 0. The van der Waals surface area contributed by atoms with Crippen LogP contribution >= 0.6 is 0 Å². The molecule has 5 nitrogen and oxygen atoms in total. The predicted molar refractivity (Wildman–Crippen MR) is 99.9 cm³/mol. The molecule has 0 fully saturated rings. The number of hydrogen-bond donors (Lipinski definition) is 2. The van der Waals surface area contributed by atoms with Crippen molar-refractivity contribution in [1.29, 1.82) is 0 Å². The highest BCUT2D eigenvalue weighted by molar-refractivity contribution is 5.84. The smallest absolute Gasteiger partial charge is 0.276 e. The lowest BCUT2D eigenvalue weighted by Crippen LogP contribution is -2.44. The molecular formula is C21H24N2O3. The van der Waals surface area contributed by atoms with Crippen LogP contribution in [0, 0.1) is 13.8 Å². The van der Waals surface area contributed by atoms with Crippen molar-refractivity contribution in [2.45, 2.75) is 39.5 Å². The second-order valence-corrected chi connectivity index (χ2v) is 6.74. The number of hydrazine groups is 1. The largest absolute Gasteiger partial charge is 0.483 e. The highest BCUT2D eigenvalue weighted by atomic mass is 16.5. The molecule has 136 valence electrons. The normalized spacial score (nSPS) is 12.4. The minimum Gasteiger partial charge on any atom is -0.483 e. The maximum Gasteiger partial charge on any atom is 0.276 e. The van der Waals surface area contributed by atoms with Crippen molar-refractivity contribution in [3.8, 4) is 5.75 Å². The summed E-state index contributed by atoms with van der Waals surface area (Å²) >= 11 is 0. The summed E-state index contributed by atoms with van der Waals surface area (Å²) in [5.74, 6) is 0.0606. The van der Waals surface area contributed by atoms with E-state index in [2.05, 4.69) is 23.0 Å². The number of benzene rings is 2. The van der Waals surface area contributed by atoms with Crippen molar-refractivity contribution in [3.05, 3.63) is 64.2 Å². The second kappa shape index (κ2) is 8.04. The maximum atomic E-state index is 12.0. The number of para-hydroxylation sites is 1. The minimum atomic E-state index is -0.394. The van der Waals surface area contributed by atoms with Crippen LogP contribution in [-0.2, 0) is 28.9 Å². The number of carbonyl (C=O) groups excluding carboxylic acids is 2. The lowest BCUT2D eigenvalue weighted by Gasteiger charge is -2.12. The fraction of sp³-hybridized carbons (Fsp3) is 0.333. The lowest BCUT2D eigenvalue weighted by atomic mass is 10.0. The highest BCUT2D eigenvalue weighted by Crippen LogP contribution is 2.23. The van der Waals surface area contributed by atoms with Gasteiger partial charge in [-0.2, -0.15) is 0 Å². The summed E-state index contributed by atoms with van der Waals surface area (Å²) < 4.78 is 5.57. The molecule has 2 amide bonds. The van der Waals surface area contributed by atoms with E-state index >= 15 is 0 Å². The molecule has 1 aliphatic rings. The van der Waals surface area contributed by atoms with Crippen LogP contribution in [0.5, 0.6) is 5.75 Å². The zero-order valence-corrected chi connectivity index (χ0v) is 15.2. The summed E-state index contributed by atoms with van der Waals surface area (Å²) in [5.41, 5.74) is 10.5. The van der Waals surface area contributed by atoms with Gasteiger partial charge in [-0.3, -0.25) is 20.4 Å². The van der Waals surface area contributed by atoms with E-state index in [9.17, 15) is 9.59 Å². The van der Waals surface area contributed by atoms with E-state index in [-0.39, 0.29) is 18.9 Å². The minimum absolute atomic E-state index is 0.148. The van der Waals surface area contributed by atoms with E-state index in [0.717, 1.165) is 29.5 Å². The van der Waals surface area contributed by atoms with E-state index in [1.165, 1.54) is 17.5 Å². The Morgan fingerprint density at radius 3 is 2.42 bits per heavy atom. The van der Waals surface area contributed by atoms with Crippen LogP contribution in [0.15, 0.2) is 36.4 Å². The van der Waals surface area contributed by atoms with E-state index in [1.54, 1.807) is 0 Å². The quantitative estimate of drug-likeness (QED) is 0.813. The summed E-state index contributed by atoms with van der Waals surface area (Å²) in [4.78, 5) is 23.9. The van der Waals surface area contributed by atoms with Crippen LogP contribution in [0.1, 0.15) is 34.2 Å². The van der Waals surface area contributed by atoms with Crippen LogP contribution < -0.4 is 15.6 Å². The molecule has 0 bridgehead atoms. The van der Waals surface area contributed by atoms with Gasteiger partial charge in [0.2, 0.25) is 5.91 Å². The number of rotatable bonds is 5. The van der Waals surface area contributed by atoms with Gasteiger partial charge < -0.3 is 4.74 Å². The van der Waals surface area contributed by atoms with Gasteiger partial charge in [0.05, 0.1) is 6.42 Å². The Balaban J connectivity index is 1.45. The monoisotopic (exact) mass is 352 g/mol. The molecule has 0 aliphatic heterocycles. The first-order valence-corrected chi connectivity index (χ1v) is 8.90. The number of hydrogen-bond acceptors (Lipinski definition) is 3. The van der Waals surface area contributed by atoms with Gasteiger partial charge >= 0.3 is 0 Å². The summed E-state index contributed by atoms with van der Waals surface area (Å²) in [7, 11) is 0. The number of aryl methyl sites for hydroxylation is 4. The molecule has 2 aromatic carbocycles. The fourth-order valence-corrected chi connectivity index (χ4v) is 3.30. The molecule has 1 aliphatic carbocycles. The van der Waals surface area contributed by atoms with Gasteiger partial charge in [0.25, 0.3) is 5.91 Å². The standard InChI is InChI=1S/C21H24N2O3/c1-14-5-3-6-15(2)21(14)26-13-20(25)23-22-19(24)12-16-9-10-17-7-4-8-18(17)11-16/h3,5-6,9-11H,4,7-8,12-13H2,1-2H3,(H,22,24)(H,23,25). The van der Waals surface area contributed by atoms with E-state index in [1.807, 2.05) is 38.1 Å². The van der Waals surface area contributed by atoms with Gasteiger partial charge in [-0.1, -0.05) is 36.4 Å². The Kier molecular flexibility index (Phi) is 5.56. The molecule has 0 unspecified atom stereocenters. The van der Waals surface area contributed by atoms with Gasteiger partial charge in [0, 0.05) is 0 Å². The first-order chi connectivity index (χ1) is 12.5. The van der Waals surface area contributed by atoms with Gasteiger partial charge in [-0.25, -0.2) is 0 Å². The molecule has 0 atom stereocenters. The Labute approximate surface area is 153 Å². The molecule has 0 aromatic heterocycles. The Bertz CT molecular complexity index is 810.